The maximum atomic E-state index is 14.8. The SMILES string of the molecule is CC#CCOc1cnc(/C(F)=C/c2ccc(F)c([C@]3(CF)CS(=O)(=O)C(C)(C)C(N)=N3)c2)cn1. The van der Waals surface area contributed by atoms with Crippen LogP contribution in [0.2, 0.25) is 0 Å². The summed E-state index contributed by atoms with van der Waals surface area (Å²) in [5, 5.41) is 0. The van der Waals surface area contributed by atoms with Gasteiger partial charge in [0.1, 0.15) is 34.3 Å². The summed E-state index contributed by atoms with van der Waals surface area (Å²) in [5.41, 5.74) is 3.44. The summed E-state index contributed by atoms with van der Waals surface area (Å²) >= 11 is 0. The summed E-state index contributed by atoms with van der Waals surface area (Å²) in [5.74, 6) is 2.69. The first kappa shape index (κ1) is 25.2. The molecule has 2 aromatic rings. The molecule has 1 aromatic carbocycles. The number of rotatable bonds is 6. The minimum absolute atomic E-state index is 0.109. The molecule has 34 heavy (non-hydrogen) atoms. The third kappa shape index (κ3) is 4.77. The van der Waals surface area contributed by atoms with E-state index >= 15 is 0 Å². The molecule has 0 amide bonds. The fourth-order valence-corrected chi connectivity index (χ4v) is 4.89. The lowest BCUT2D eigenvalue weighted by Crippen LogP contribution is -2.56. The van der Waals surface area contributed by atoms with Crippen molar-refractivity contribution in [1.82, 2.24) is 9.97 Å². The Morgan fingerprint density at radius 1 is 1.29 bits per heavy atom. The van der Waals surface area contributed by atoms with Crippen molar-refractivity contribution < 1.29 is 26.3 Å². The fourth-order valence-electron chi connectivity index (χ4n) is 3.24. The summed E-state index contributed by atoms with van der Waals surface area (Å²) in [7, 11) is -3.98. The van der Waals surface area contributed by atoms with Gasteiger partial charge in [0.25, 0.3) is 0 Å². The van der Waals surface area contributed by atoms with Crippen molar-refractivity contribution in [1.29, 1.82) is 0 Å². The Labute approximate surface area is 195 Å². The van der Waals surface area contributed by atoms with E-state index in [0.29, 0.717) is 0 Å². The Bertz CT molecular complexity index is 1310. The van der Waals surface area contributed by atoms with Crippen LogP contribution >= 0.6 is 0 Å². The standard InChI is InChI=1S/C23H23F3N4O3S/c1-4-5-8-33-20-12-28-19(11-29-20)18(26)10-15-6-7-17(25)16(9-15)23(13-24)14-34(31,32)22(2,3)21(27)30-23/h6-7,9-12H,8,13-14H2,1-3H3,(H2,27,30)/b18-10-/t23-/m0/s1. The van der Waals surface area contributed by atoms with Crippen LogP contribution in [0, 0.1) is 17.7 Å². The van der Waals surface area contributed by atoms with Crippen LogP contribution in [-0.2, 0) is 15.4 Å². The van der Waals surface area contributed by atoms with E-state index in [4.69, 9.17) is 10.5 Å². The van der Waals surface area contributed by atoms with Crippen molar-refractivity contribution in [3.8, 4) is 17.7 Å². The Kier molecular flexibility index (Phi) is 7.02. The van der Waals surface area contributed by atoms with E-state index in [-0.39, 0.29) is 35.1 Å². The highest BCUT2D eigenvalue weighted by Gasteiger charge is 2.51. The molecule has 0 saturated carbocycles. The number of nitrogens with two attached hydrogens (primary N) is 1. The molecule has 2 N–H and O–H groups in total. The van der Waals surface area contributed by atoms with Crippen LogP contribution in [0.25, 0.3) is 11.9 Å². The van der Waals surface area contributed by atoms with Crippen molar-refractivity contribution in [2.24, 2.45) is 10.7 Å². The molecule has 2 heterocycles. The van der Waals surface area contributed by atoms with Gasteiger partial charge in [-0.25, -0.2) is 31.6 Å². The van der Waals surface area contributed by atoms with Crippen LogP contribution in [-0.4, -0.2) is 48.0 Å². The number of amidine groups is 1. The van der Waals surface area contributed by atoms with E-state index < -0.39 is 44.2 Å². The minimum atomic E-state index is -3.98. The molecule has 11 heteroatoms. The Hall–Kier alpha value is -3.39. The number of hydrogen-bond acceptors (Lipinski definition) is 7. The quantitative estimate of drug-likeness (QED) is 0.621. The molecule has 0 aliphatic carbocycles. The number of halogens is 3. The number of aromatic nitrogens is 2. The van der Waals surface area contributed by atoms with E-state index in [0.717, 1.165) is 24.4 Å². The average Bonchev–Trinajstić information content (AvgIpc) is 2.79. The Balaban J connectivity index is 1.98. The van der Waals surface area contributed by atoms with Gasteiger partial charge < -0.3 is 10.5 Å². The second-order valence-electron chi connectivity index (χ2n) is 8.12. The van der Waals surface area contributed by atoms with Gasteiger partial charge in [0.2, 0.25) is 5.88 Å². The van der Waals surface area contributed by atoms with E-state index in [1.54, 1.807) is 6.92 Å². The fraction of sp³-hybridized carbons (Fsp3) is 0.348. The summed E-state index contributed by atoms with van der Waals surface area (Å²) in [4.78, 5) is 11.9. The maximum absolute atomic E-state index is 14.8. The van der Waals surface area contributed by atoms with E-state index in [1.165, 1.54) is 26.1 Å². The topological polar surface area (TPSA) is 108 Å². The Morgan fingerprint density at radius 3 is 2.62 bits per heavy atom. The van der Waals surface area contributed by atoms with Crippen molar-refractivity contribution in [2.75, 3.05) is 19.0 Å². The molecule has 1 aliphatic rings. The number of alkyl halides is 1. The molecule has 7 nitrogen and oxygen atoms in total. The predicted molar refractivity (Wildman–Crippen MR) is 123 cm³/mol. The van der Waals surface area contributed by atoms with Crippen LogP contribution in [0.4, 0.5) is 13.2 Å². The molecule has 1 aliphatic heterocycles. The number of hydrogen-bond donors (Lipinski definition) is 1. The van der Waals surface area contributed by atoms with Crippen molar-refractivity contribution in [3.63, 3.8) is 0 Å². The zero-order chi connectivity index (χ0) is 25.1. The monoisotopic (exact) mass is 492 g/mol. The highest BCUT2D eigenvalue weighted by molar-refractivity contribution is 7.93. The number of sulfone groups is 1. The van der Waals surface area contributed by atoms with Crippen LogP contribution in [0.1, 0.15) is 37.6 Å². The van der Waals surface area contributed by atoms with Crippen molar-refractivity contribution >= 4 is 27.6 Å². The molecule has 0 fully saturated rings. The smallest absolute Gasteiger partial charge is 0.233 e. The van der Waals surface area contributed by atoms with E-state index in [2.05, 4.69) is 26.8 Å². The van der Waals surface area contributed by atoms with Crippen LogP contribution < -0.4 is 10.5 Å². The molecule has 0 saturated heterocycles. The predicted octanol–water partition coefficient (Wildman–Crippen LogP) is 3.21. The molecule has 1 aromatic heterocycles. The number of nitrogens with zero attached hydrogens (tertiary/aromatic N) is 3. The lowest BCUT2D eigenvalue weighted by Gasteiger charge is -2.38. The largest absolute Gasteiger partial charge is 0.463 e. The zero-order valence-electron chi connectivity index (χ0n) is 18.8. The molecular weight excluding hydrogens is 469 g/mol. The first-order valence-electron chi connectivity index (χ1n) is 10.1. The van der Waals surface area contributed by atoms with Crippen molar-refractivity contribution in [3.05, 3.63) is 53.2 Å². The first-order valence-corrected chi connectivity index (χ1v) is 11.8. The molecule has 0 bridgehead atoms. The van der Waals surface area contributed by atoms with Gasteiger partial charge in [-0.3, -0.25) is 4.99 Å². The summed E-state index contributed by atoms with van der Waals surface area (Å²) in [6.45, 7) is 3.15. The van der Waals surface area contributed by atoms with Gasteiger partial charge in [0.15, 0.2) is 22.3 Å². The summed E-state index contributed by atoms with van der Waals surface area (Å²) in [6.07, 6.45) is 3.41. The maximum Gasteiger partial charge on any atom is 0.233 e. The van der Waals surface area contributed by atoms with Gasteiger partial charge in [-0.15, -0.1) is 5.92 Å². The van der Waals surface area contributed by atoms with Gasteiger partial charge in [-0.1, -0.05) is 12.0 Å². The van der Waals surface area contributed by atoms with Gasteiger partial charge in [0.05, 0.1) is 18.1 Å². The van der Waals surface area contributed by atoms with E-state index in [1.807, 2.05) is 0 Å². The van der Waals surface area contributed by atoms with Gasteiger partial charge in [-0.2, -0.15) is 0 Å². The van der Waals surface area contributed by atoms with E-state index in [9.17, 15) is 21.6 Å². The molecular formula is C23H23F3N4O3S. The van der Waals surface area contributed by atoms with Gasteiger partial charge in [0, 0.05) is 5.56 Å². The van der Waals surface area contributed by atoms with Gasteiger partial charge >= 0.3 is 0 Å². The molecule has 0 radical (unpaired) electrons. The minimum Gasteiger partial charge on any atom is -0.463 e. The lowest BCUT2D eigenvalue weighted by molar-refractivity contribution is 0.323. The van der Waals surface area contributed by atoms with Crippen LogP contribution in [0.15, 0.2) is 35.6 Å². The highest BCUT2D eigenvalue weighted by atomic mass is 32.2. The molecule has 1 atom stereocenters. The Morgan fingerprint density at radius 2 is 2.03 bits per heavy atom. The van der Waals surface area contributed by atoms with Crippen molar-refractivity contribution in [2.45, 2.75) is 31.1 Å². The highest BCUT2D eigenvalue weighted by Crippen LogP contribution is 2.39. The zero-order valence-corrected chi connectivity index (χ0v) is 19.6. The average molecular weight is 493 g/mol. The number of benzene rings is 1. The third-order valence-corrected chi connectivity index (χ3v) is 8.13. The molecule has 0 unspecified atom stereocenters. The molecule has 180 valence electrons. The summed E-state index contributed by atoms with van der Waals surface area (Å²) < 4.78 is 73.0. The number of ether oxygens (including phenoxy) is 1. The second-order valence-corrected chi connectivity index (χ2v) is 10.7. The normalized spacial score (nSPS) is 21.2. The number of aliphatic imine (C=N–C) groups is 1. The van der Waals surface area contributed by atoms with Crippen LogP contribution in [0.3, 0.4) is 0 Å². The third-order valence-electron chi connectivity index (χ3n) is 5.51. The lowest BCUT2D eigenvalue weighted by atomic mass is 9.90. The molecule has 0 spiro atoms. The molecule has 3 rings (SSSR count). The van der Waals surface area contributed by atoms with Crippen LogP contribution in [0.5, 0.6) is 5.88 Å². The summed E-state index contributed by atoms with van der Waals surface area (Å²) in [6, 6.07) is 3.39. The van der Waals surface area contributed by atoms with Gasteiger partial charge in [-0.05, 0) is 44.5 Å². The first-order chi connectivity index (χ1) is 16.0. The second kappa shape index (κ2) is 9.46.